The summed E-state index contributed by atoms with van der Waals surface area (Å²) in [6, 6.07) is 8.63. The summed E-state index contributed by atoms with van der Waals surface area (Å²) in [4.78, 5) is 44.5. The number of rotatable bonds is 7. The maximum absolute atomic E-state index is 13.0. The quantitative estimate of drug-likeness (QED) is 0.573. The molecular formula is C27H35N3O4S. The Kier molecular flexibility index (Phi) is 7.04. The number of aromatic nitrogens is 1. The van der Waals surface area contributed by atoms with Gasteiger partial charge in [-0.3, -0.25) is 9.59 Å². The zero-order valence-corrected chi connectivity index (χ0v) is 22.0. The van der Waals surface area contributed by atoms with Crippen molar-refractivity contribution in [1.82, 2.24) is 15.2 Å². The van der Waals surface area contributed by atoms with E-state index in [0.717, 1.165) is 36.5 Å². The molecule has 1 saturated carbocycles. The second kappa shape index (κ2) is 9.72. The van der Waals surface area contributed by atoms with Crippen LogP contribution in [0.1, 0.15) is 74.4 Å². The Morgan fingerprint density at radius 2 is 1.74 bits per heavy atom. The van der Waals surface area contributed by atoms with E-state index >= 15 is 0 Å². The van der Waals surface area contributed by atoms with Gasteiger partial charge in [0.2, 0.25) is 5.91 Å². The largest absolute Gasteiger partial charge is 0.459 e. The van der Waals surface area contributed by atoms with Crippen LogP contribution in [-0.4, -0.2) is 46.8 Å². The number of hydrogen-bond acceptors (Lipinski definition) is 6. The molecule has 1 N–H and O–H groups in total. The van der Waals surface area contributed by atoms with Gasteiger partial charge in [-0.2, -0.15) is 0 Å². The monoisotopic (exact) mass is 497 g/mol. The fourth-order valence-electron chi connectivity index (χ4n) is 5.11. The Hall–Kier alpha value is -2.74. The van der Waals surface area contributed by atoms with E-state index in [4.69, 9.17) is 4.74 Å². The average molecular weight is 498 g/mol. The van der Waals surface area contributed by atoms with Crippen molar-refractivity contribution < 1.29 is 19.1 Å². The molecule has 1 atom stereocenters. The molecule has 2 heterocycles. The lowest BCUT2D eigenvalue weighted by Gasteiger charge is -2.31. The first-order chi connectivity index (χ1) is 16.5. The predicted octanol–water partition coefficient (Wildman–Crippen LogP) is 4.39. The Bertz CT molecular complexity index is 1070. The number of carbonyl (C=O) groups excluding carboxylic acids is 3. The number of thiazole rings is 1. The molecule has 0 bridgehead atoms. The van der Waals surface area contributed by atoms with E-state index in [1.165, 1.54) is 11.3 Å². The van der Waals surface area contributed by atoms with Gasteiger partial charge in [-0.05, 0) is 36.2 Å². The molecule has 1 aromatic carbocycles. The molecule has 1 aliphatic heterocycles. The fraction of sp³-hybridized carbons (Fsp3) is 0.556. The third-order valence-corrected chi connectivity index (χ3v) is 9.11. The minimum Gasteiger partial charge on any atom is -0.459 e. The van der Waals surface area contributed by atoms with Crippen molar-refractivity contribution in [2.24, 2.45) is 16.7 Å². The Morgan fingerprint density at radius 3 is 2.34 bits per heavy atom. The number of nitrogens with one attached hydrogen (secondary N) is 1. The zero-order valence-electron chi connectivity index (χ0n) is 21.2. The number of carbonyl (C=O) groups is 3. The summed E-state index contributed by atoms with van der Waals surface area (Å²) in [7, 11) is 0. The minimum atomic E-state index is -0.776. The number of amides is 2. The van der Waals surface area contributed by atoms with Crippen molar-refractivity contribution in [2.75, 3.05) is 13.1 Å². The molecular weight excluding hydrogens is 462 g/mol. The summed E-state index contributed by atoms with van der Waals surface area (Å²) >= 11 is 1.46. The van der Waals surface area contributed by atoms with E-state index in [-0.39, 0.29) is 41.1 Å². The third-order valence-electron chi connectivity index (χ3n) is 8.10. The zero-order chi connectivity index (χ0) is 25.4. The lowest BCUT2D eigenvalue weighted by molar-refractivity contribution is -0.146. The van der Waals surface area contributed by atoms with Crippen LogP contribution >= 0.6 is 11.3 Å². The van der Waals surface area contributed by atoms with Crippen molar-refractivity contribution >= 4 is 29.1 Å². The second-order valence-electron chi connectivity index (χ2n) is 10.8. The number of nitrogens with zero attached hydrogens (tertiary/aromatic N) is 2. The van der Waals surface area contributed by atoms with Gasteiger partial charge < -0.3 is 15.0 Å². The van der Waals surface area contributed by atoms with Gasteiger partial charge in [0.05, 0.1) is 5.01 Å². The smallest absolute Gasteiger partial charge is 0.328 e. The molecule has 2 fully saturated rings. The van der Waals surface area contributed by atoms with Crippen LogP contribution in [0, 0.1) is 16.7 Å². The highest BCUT2D eigenvalue weighted by atomic mass is 32.1. The molecule has 2 aromatic rings. The van der Waals surface area contributed by atoms with Crippen LogP contribution in [-0.2, 0) is 20.9 Å². The van der Waals surface area contributed by atoms with Crippen LogP contribution in [0.3, 0.4) is 0 Å². The molecule has 8 heteroatoms. The maximum atomic E-state index is 13.0. The first kappa shape index (κ1) is 25.4. The summed E-state index contributed by atoms with van der Waals surface area (Å²) < 4.78 is 5.30. The lowest BCUT2D eigenvalue weighted by atomic mass is 9.96. The lowest BCUT2D eigenvalue weighted by Crippen LogP contribution is -2.40. The van der Waals surface area contributed by atoms with Crippen LogP contribution in [0.25, 0.3) is 0 Å². The maximum Gasteiger partial charge on any atom is 0.328 e. The molecule has 1 unspecified atom stereocenters. The highest BCUT2D eigenvalue weighted by Crippen LogP contribution is 2.68. The average Bonchev–Trinajstić information content (AvgIpc) is 3.16. The highest BCUT2D eigenvalue weighted by molar-refractivity contribution is 7.09. The number of benzene rings is 1. The van der Waals surface area contributed by atoms with Gasteiger partial charge in [0.25, 0.3) is 5.91 Å². The van der Waals surface area contributed by atoms with Crippen LogP contribution in [0.2, 0.25) is 0 Å². The Morgan fingerprint density at radius 1 is 1.11 bits per heavy atom. The molecule has 188 valence electrons. The molecule has 35 heavy (non-hydrogen) atoms. The fourth-order valence-corrected chi connectivity index (χ4v) is 6.08. The van der Waals surface area contributed by atoms with Crippen molar-refractivity contribution in [3.8, 4) is 0 Å². The number of esters is 1. The summed E-state index contributed by atoms with van der Waals surface area (Å²) in [5.41, 5.74) is 1.29. The summed E-state index contributed by atoms with van der Waals surface area (Å²) in [5.74, 6) is -0.285. The highest BCUT2D eigenvalue weighted by Gasteiger charge is 2.68. The standard InChI is InChI=1S/C27H35N3O4S/c1-17(25(33)34-15-18-9-7-6-8-10-18)28-22(31)20-16-35-23(29-20)19-11-13-30(14-12-19)24(32)21-26(2,3)27(21,4)5/h6-10,16-17,19,21H,11-15H2,1-5H3,(H,28,31). The number of hydrogen-bond donors (Lipinski definition) is 1. The van der Waals surface area contributed by atoms with Crippen molar-refractivity contribution in [1.29, 1.82) is 0 Å². The van der Waals surface area contributed by atoms with Gasteiger partial charge >= 0.3 is 5.97 Å². The first-order valence-electron chi connectivity index (χ1n) is 12.3. The molecule has 1 aromatic heterocycles. The molecule has 1 aliphatic carbocycles. The summed E-state index contributed by atoms with van der Waals surface area (Å²) in [6.07, 6.45) is 1.69. The minimum absolute atomic E-state index is 0.0452. The molecule has 1 saturated heterocycles. The van der Waals surface area contributed by atoms with Gasteiger partial charge in [0.1, 0.15) is 18.3 Å². The topological polar surface area (TPSA) is 88.6 Å². The van der Waals surface area contributed by atoms with Crippen molar-refractivity contribution in [3.05, 3.63) is 52.0 Å². The van der Waals surface area contributed by atoms with Gasteiger partial charge in [0, 0.05) is 30.3 Å². The van der Waals surface area contributed by atoms with E-state index in [0.29, 0.717) is 5.69 Å². The Balaban J connectivity index is 1.25. The molecule has 7 nitrogen and oxygen atoms in total. The van der Waals surface area contributed by atoms with E-state index in [1.807, 2.05) is 35.2 Å². The molecule has 4 rings (SSSR count). The van der Waals surface area contributed by atoms with E-state index in [1.54, 1.807) is 12.3 Å². The van der Waals surface area contributed by atoms with Gasteiger partial charge in [-0.1, -0.05) is 58.0 Å². The van der Waals surface area contributed by atoms with Gasteiger partial charge in [-0.15, -0.1) is 11.3 Å². The van der Waals surface area contributed by atoms with Gasteiger partial charge in [-0.25, -0.2) is 9.78 Å². The van der Waals surface area contributed by atoms with Crippen LogP contribution < -0.4 is 5.32 Å². The number of ether oxygens (including phenoxy) is 1. The van der Waals surface area contributed by atoms with E-state index < -0.39 is 12.0 Å². The van der Waals surface area contributed by atoms with Crippen LogP contribution in [0.5, 0.6) is 0 Å². The van der Waals surface area contributed by atoms with Crippen molar-refractivity contribution in [3.63, 3.8) is 0 Å². The Labute approximate surface area is 211 Å². The third kappa shape index (κ3) is 5.13. The van der Waals surface area contributed by atoms with Crippen molar-refractivity contribution in [2.45, 2.75) is 66.0 Å². The number of piperidine rings is 1. The van der Waals surface area contributed by atoms with E-state index in [2.05, 4.69) is 38.0 Å². The van der Waals surface area contributed by atoms with Crippen LogP contribution in [0.15, 0.2) is 35.7 Å². The normalized spacial score (nSPS) is 20.2. The molecule has 2 aliphatic rings. The first-order valence-corrected chi connectivity index (χ1v) is 13.2. The molecule has 0 radical (unpaired) electrons. The van der Waals surface area contributed by atoms with Crippen LogP contribution in [0.4, 0.5) is 0 Å². The van der Waals surface area contributed by atoms with E-state index in [9.17, 15) is 14.4 Å². The van der Waals surface area contributed by atoms with Gasteiger partial charge in [0.15, 0.2) is 0 Å². The summed E-state index contributed by atoms with van der Waals surface area (Å²) in [6.45, 7) is 11.9. The second-order valence-corrected chi connectivity index (χ2v) is 11.7. The SMILES string of the molecule is CC(NC(=O)c1csc(C2CCN(C(=O)C3C(C)(C)C3(C)C)CC2)n1)C(=O)OCc1ccccc1. The summed E-state index contributed by atoms with van der Waals surface area (Å²) in [5, 5.41) is 5.33. The molecule has 0 spiro atoms. The predicted molar refractivity (Wildman–Crippen MR) is 135 cm³/mol. The number of likely N-dealkylation sites (tertiary alicyclic amines) is 1. The molecule has 2 amide bonds.